The summed E-state index contributed by atoms with van der Waals surface area (Å²) in [6.45, 7) is 6.67. The van der Waals surface area contributed by atoms with E-state index in [1.807, 2.05) is 17.8 Å². The highest BCUT2D eigenvalue weighted by Crippen LogP contribution is 2.10. The number of thioether (sulfide) groups is 1. The lowest BCUT2D eigenvalue weighted by Crippen LogP contribution is -2.40. The van der Waals surface area contributed by atoms with Crippen LogP contribution in [0.4, 0.5) is 0 Å². The molecule has 0 aliphatic rings. The van der Waals surface area contributed by atoms with Crippen molar-refractivity contribution >= 4 is 17.7 Å². The maximum atomic E-state index is 4.73. The number of nitrogens with one attached hydrogen (secondary N) is 2. The maximum Gasteiger partial charge on any atom is 0.191 e. The van der Waals surface area contributed by atoms with Gasteiger partial charge in [-0.3, -0.25) is 4.99 Å². The van der Waals surface area contributed by atoms with E-state index in [2.05, 4.69) is 69.8 Å². The number of aliphatic imine (C=N–C) groups is 1. The van der Waals surface area contributed by atoms with Gasteiger partial charge in [0.05, 0.1) is 6.04 Å². The van der Waals surface area contributed by atoms with E-state index in [1.165, 1.54) is 5.56 Å². The second-order valence-electron chi connectivity index (χ2n) is 6.07. The Morgan fingerprint density at radius 1 is 1.31 bits per heavy atom. The fourth-order valence-corrected chi connectivity index (χ4v) is 3.03. The van der Waals surface area contributed by atoms with E-state index in [0.717, 1.165) is 50.0 Å². The normalized spacial score (nSPS) is 12.8. The lowest BCUT2D eigenvalue weighted by molar-refractivity contribution is 0.619. The van der Waals surface area contributed by atoms with Crippen molar-refractivity contribution in [1.29, 1.82) is 0 Å². The van der Waals surface area contributed by atoms with Crippen molar-refractivity contribution in [3.8, 4) is 0 Å². The summed E-state index contributed by atoms with van der Waals surface area (Å²) >= 11 is 1.86. The highest BCUT2D eigenvalue weighted by Gasteiger charge is 2.08. The third kappa shape index (κ3) is 6.71. The first-order valence-electron chi connectivity index (χ1n) is 9.20. The van der Waals surface area contributed by atoms with Gasteiger partial charge in [-0.15, -0.1) is 10.2 Å². The van der Waals surface area contributed by atoms with E-state index in [4.69, 9.17) is 4.99 Å². The molecule has 1 aromatic heterocycles. The Kier molecular flexibility index (Phi) is 9.03. The third-order valence-corrected chi connectivity index (χ3v) is 4.78. The van der Waals surface area contributed by atoms with Crippen LogP contribution in [0.2, 0.25) is 0 Å². The lowest BCUT2D eigenvalue weighted by atomic mass is 10.1. The van der Waals surface area contributed by atoms with Crippen molar-refractivity contribution in [2.45, 2.75) is 39.3 Å². The van der Waals surface area contributed by atoms with Crippen molar-refractivity contribution in [3.05, 3.63) is 48.0 Å². The van der Waals surface area contributed by atoms with Crippen molar-refractivity contribution in [2.75, 3.05) is 25.1 Å². The Balaban J connectivity index is 1.92. The van der Waals surface area contributed by atoms with Crippen LogP contribution in [0.3, 0.4) is 0 Å². The first-order valence-corrected chi connectivity index (χ1v) is 10.6. The fraction of sp³-hybridized carbons (Fsp3) is 0.526. The van der Waals surface area contributed by atoms with Gasteiger partial charge in [0.1, 0.15) is 12.2 Å². The van der Waals surface area contributed by atoms with Crippen LogP contribution < -0.4 is 10.6 Å². The van der Waals surface area contributed by atoms with Gasteiger partial charge in [-0.25, -0.2) is 0 Å². The molecule has 142 valence electrons. The zero-order valence-electron chi connectivity index (χ0n) is 16.0. The van der Waals surface area contributed by atoms with Crippen LogP contribution in [0, 0.1) is 0 Å². The number of hydrogen-bond donors (Lipinski definition) is 2. The molecule has 1 heterocycles. The number of guanidine groups is 1. The molecule has 0 saturated carbocycles. The molecule has 2 N–H and O–H groups in total. The average molecular weight is 375 g/mol. The van der Waals surface area contributed by atoms with Crippen LogP contribution in [-0.2, 0) is 13.0 Å². The average Bonchev–Trinajstić information content (AvgIpc) is 3.13. The zero-order chi connectivity index (χ0) is 18.6. The molecule has 2 rings (SSSR count). The summed E-state index contributed by atoms with van der Waals surface area (Å²) in [5.41, 5.74) is 1.25. The Morgan fingerprint density at radius 2 is 2.12 bits per heavy atom. The lowest BCUT2D eigenvalue weighted by Gasteiger charge is -2.19. The molecule has 0 aliphatic heterocycles. The Labute approximate surface area is 160 Å². The summed E-state index contributed by atoms with van der Waals surface area (Å²) in [5, 5.41) is 15.1. The number of rotatable bonds is 10. The number of benzene rings is 1. The number of hydrogen-bond acceptors (Lipinski definition) is 4. The fourth-order valence-electron chi connectivity index (χ4n) is 2.62. The van der Waals surface area contributed by atoms with Crippen molar-refractivity contribution < 1.29 is 0 Å². The van der Waals surface area contributed by atoms with Crippen LogP contribution in [0.1, 0.15) is 37.7 Å². The van der Waals surface area contributed by atoms with Gasteiger partial charge in [-0.1, -0.05) is 37.3 Å². The smallest absolute Gasteiger partial charge is 0.191 e. The van der Waals surface area contributed by atoms with Gasteiger partial charge in [0.15, 0.2) is 5.96 Å². The Hall–Kier alpha value is -2.02. The molecule has 26 heavy (non-hydrogen) atoms. The van der Waals surface area contributed by atoms with Crippen LogP contribution in [0.5, 0.6) is 0 Å². The van der Waals surface area contributed by atoms with Gasteiger partial charge < -0.3 is 15.2 Å². The predicted octanol–water partition coefficient (Wildman–Crippen LogP) is 2.89. The molecular weight excluding hydrogens is 344 g/mol. The largest absolute Gasteiger partial charge is 0.355 e. The molecule has 1 aromatic carbocycles. The number of aromatic nitrogens is 3. The second-order valence-corrected chi connectivity index (χ2v) is 7.06. The summed E-state index contributed by atoms with van der Waals surface area (Å²) in [4.78, 5) is 4.73. The molecule has 2 aromatic rings. The van der Waals surface area contributed by atoms with E-state index < -0.39 is 0 Å². The number of nitrogens with zero attached hydrogens (tertiary/aromatic N) is 4. The minimum Gasteiger partial charge on any atom is -0.355 e. The van der Waals surface area contributed by atoms with Gasteiger partial charge in [-0.05, 0) is 30.9 Å². The topological polar surface area (TPSA) is 67.1 Å². The van der Waals surface area contributed by atoms with Gasteiger partial charge in [-0.2, -0.15) is 11.8 Å². The number of aryl methyl sites for hydroxylation is 1. The first kappa shape index (κ1) is 20.3. The highest BCUT2D eigenvalue weighted by molar-refractivity contribution is 7.98. The van der Waals surface area contributed by atoms with E-state index in [9.17, 15) is 0 Å². The van der Waals surface area contributed by atoms with Crippen molar-refractivity contribution in [2.24, 2.45) is 4.99 Å². The molecule has 0 bridgehead atoms. The van der Waals surface area contributed by atoms with Crippen molar-refractivity contribution in [1.82, 2.24) is 25.4 Å². The third-order valence-electron chi connectivity index (χ3n) is 4.09. The van der Waals surface area contributed by atoms with Crippen LogP contribution >= 0.6 is 11.8 Å². The Bertz CT molecular complexity index is 655. The van der Waals surface area contributed by atoms with Gasteiger partial charge in [0.2, 0.25) is 0 Å². The van der Waals surface area contributed by atoms with E-state index in [-0.39, 0.29) is 6.04 Å². The molecule has 1 atom stereocenters. The van der Waals surface area contributed by atoms with Gasteiger partial charge >= 0.3 is 0 Å². The van der Waals surface area contributed by atoms with Crippen molar-refractivity contribution in [3.63, 3.8) is 0 Å². The molecule has 0 spiro atoms. The standard InChI is InChI=1S/C19H30N6S/c1-4-18-24-22-15-25(18)13-12-21-19(20-11-8-14-26-3)23-16(2)17-9-6-5-7-10-17/h5-7,9-10,15-16H,4,8,11-14H2,1-3H3,(H2,20,21,23). The zero-order valence-corrected chi connectivity index (χ0v) is 16.8. The molecule has 0 amide bonds. The summed E-state index contributed by atoms with van der Waals surface area (Å²) in [6.07, 6.45) is 5.89. The molecule has 0 radical (unpaired) electrons. The molecule has 1 unspecified atom stereocenters. The molecule has 7 heteroatoms. The molecule has 0 fully saturated rings. The summed E-state index contributed by atoms with van der Waals surface area (Å²) in [6, 6.07) is 10.6. The second kappa shape index (κ2) is 11.6. The van der Waals surface area contributed by atoms with Crippen LogP contribution in [0.15, 0.2) is 41.7 Å². The summed E-state index contributed by atoms with van der Waals surface area (Å²) < 4.78 is 2.08. The quantitative estimate of drug-likeness (QED) is 0.380. The van der Waals surface area contributed by atoms with Crippen LogP contribution in [0.25, 0.3) is 0 Å². The van der Waals surface area contributed by atoms with E-state index in [0.29, 0.717) is 0 Å². The Morgan fingerprint density at radius 3 is 2.85 bits per heavy atom. The van der Waals surface area contributed by atoms with Gasteiger partial charge in [0.25, 0.3) is 0 Å². The SMILES string of the molecule is CCc1nncn1CCNC(=NCCCSC)NC(C)c1ccccc1. The monoisotopic (exact) mass is 374 g/mol. The van der Waals surface area contributed by atoms with Gasteiger partial charge in [0, 0.05) is 26.1 Å². The summed E-state index contributed by atoms with van der Waals surface area (Å²) in [5.74, 6) is 3.00. The van der Waals surface area contributed by atoms with Crippen LogP contribution in [-0.4, -0.2) is 45.8 Å². The molecule has 0 aliphatic carbocycles. The molecule has 6 nitrogen and oxygen atoms in total. The van der Waals surface area contributed by atoms with E-state index >= 15 is 0 Å². The highest BCUT2D eigenvalue weighted by atomic mass is 32.2. The molecule has 0 saturated heterocycles. The molecular formula is C19H30N6S. The maximum absolute atomic E-state index is 4.73. The first-order chi connectivity index (χ1) is 12.7. The van der Waals surface area contributed by atoms with E-state index in [1.54, 1.807) is 6.33 Å². The minimum atomic E-state index is 0.198. The minimum absolute atomic E-state index is 0.198. The summed E-state index contributed by atoms with van der Waals surface area (Å²) in [7, 11) is 0. The predicted molar refractivity (Wildman–Crippen MR) is 111 cm³/mol.